The molecule has 0 aromatic rings. The molecule has 4 nitrogen and oxygen atoms in total. The predicted molar refractivity (Wildman–Crippen MR) is 91.7 cm³/mol. The second kappa shape index (κ2) is 27.3. The zero-order valence-corrected chi connectivity index (χ0v) is 18.7. The molecular formula is C16H37NdO4P-2. The molecule has 0 saturated heterocycles. The molecule has 0 radical (unpaired) electrons. The maximum absolute atomic E-state index is 8.88. The van der Waals surface area contributed by atoms with Crippen molar-refractivity contribution >= 4 is 7.82 Å². The molecule has 0 atom stereocenters. The first-order valence-corrected chi connectivity index (χ1v) is 9.76. The zero-order valence-electron chi connectivity index (χ0n) is 14.6. The van der Waals surface area contributed by atoms with Crippen molar-refractivity contribution in [1.29, 1.82) is 0 Å². The van der Waals surface area contributed by atoms with Crippen LogP contribution in [0.3, 0.4) is 0 Å². The maximum atomic E-state index is 8.88. The van der Waals surface area contributed by atoms with E-state index >= 15 is 0 Å². The Morgan fingerprint density at radius 3 is 1.09 bits per heavy atom. The summed E-state index contributed by atoms with van der Waals surface area (Å²) in [6.45, 7) is 12.0. The summed E-state index contributed by atoms with van der Waals surface area (Å²) in [5.41, 5.74) is 0. The van der Waals surface area contributed by atoms with Gasteiger partial charge in [-0.25, -0.2) is 4.57 Å². The fraction of sp³-hybridized carbons (Fsp3) is 0.875. The maximum Gasteiger partial charge on any atom is 0.466 e. The van der Waals surface area contributed by atoms with E-state index in [9.17, 15) is 0 Å². The fourth-order valence-corrected chi connectivity index (χ4v) is 1.56. The molecule has 0 aliphatic heterocycles. The van der Waals surface area contributed by atoms with Gasteiger partial charge in [-0.2, -0.15) is 12.8 Å². The molecule has 0 bridgehead atoms. The van der Waals surface area contributed by atoms with E-state index in [2.05, 4.69) is 27.7 Å². The second-order valence-corrected chi connectivity index (χ2v) is 6.08. The number of hydrogen-bond acceptors (Lipinski definition) is 1. The summed E-state index contributed by atoms with van der Waals surface area (Å²) >= 11 is 0. The van der Waals surface area contributed by atoms with Gasteiger partial charge < -0.3 is 28.5 Å². The van der Waals surface area contributed by atoms with Gasteiger partial charge in [-0.1, -0.05) is 78.1 Å². The summed E-state index contributed by atoms with van der Waals surface area (Å²) in [5.74, 6) is 0. The Labute approximate surface area is 171 Å². The molecule has 0 heterocycles. The van der Waals surface area contributed by atoms with Crippen molar-refractivity contribution in [1.82, 2.24) is 0 Å². The standard InChI is InChI=1S/2C8H17.Nd.H3O4P/c2*1-3-5-7-8-6-4-2;;1-5(2,3)4/h2*1,3-8H2,2H3;;(H3,1,2,3,4)/q2*-1;;. The van der Waals surface area contributed by atoms with Crippen molar-refractivity contribution in [3.8, 4) is 0 Å². The Bertz CT molecular complexity index is 178. The molecule has 0 saturated carbocycles. The largest absolute Gasteiger partial charge is 0.466 e. The van der Waals surface area contributed by atoms with E-state index in [1.807, 2.05) is 0 Å². The molecule has 0 aliphatic rings. The van der Waals surface area contributed by atoms with E-state index in [0.29, 0.717) is 0 Å². The van der Waals surface area contributed by atoms with Crippen LogP contribution in [0.5, 0.6) is 0 Å². The Morgan fingerprint density at radius 1 is 0.682 bits per heavy atom. The molecule has 0 rings (SSSR count). The van der Waals surface area contributed by atoms with E-state index in [0.717, 1.165) is 12.8 Å². The van der Waals surface area contributed by atoms with Gasteiger partial charge >= 0.3 is 7.82 Å². The second-order valence-electron chi connectivity index (χ2n) is 5.05. The molecule has 0 fully saturated rings. The van der Waals surface area contributed by atoms with Crippen molar-refractivity contribution < 1.29 is 60.1 Å². The average Bonchev–Trinajstić information content (AvgIpc) is 2.39. The molecule has 0 unspecified atom stereocenters. The van der Waals surface area contributed by atoms with Crippen LogP contribution in [0, 0.1) is 54.7 Å². The third-order valence-electron chi connectivity index (χ3n) is 2.71. The van der Waals surface area contributed by atoms with Crippen LogP contribution in [0.1, 0.15) is 90.9 Å². The molecule has 3 N–H and O–H groups in total. The molecule has 22 heavy (non-hydrogen) atoms. The quantitative estimate of drug-likeness (QED) is 0.227. The molecule has 0 aromatic carbocycles. The monoisotopic (exact) mass is 466 g/mol. The van der Waals surface area contributed by atoms with Gasteiger partial charge in [0.1, 0.15) is 0 Å². The van der Waals surface area contributed by atoms with Gasteiger partial charge in [0.2, 0.25) is 0 Å². The Morgan fingerprint density at radius 2 is 0.909 bits per heavy atom. The third-order valence-corrected chi connectivity index (χ3v) is 2.71. The molecule has 0 aromatic heterocycles. The summed E-state index contributed by atoms with van der Waals surface area (Å²) in [4.78, 5) is 21.6. The first kappa shape index (κ1) is 31.3. The smallest absolute Gasteiger partial charge is 0.343 e. The van der Waals surface area contributed by atoms with E-state index < -0.39 is 7.82 Å². The van der Waals surface area contributed by atoms with Gasteiger partial charge in [0, 0.05) is 40.8 Å². The molecule has 0 spiro atoms. The Kier molecular flexibility index (Phi) is 38.8. The van der Waals surface area contributed by atoms with Crippen molar-refractivity contribution in [3.05, 3.63) is 13.8 Å². The topological polar surface area (TPSA) is 77.8 Å². The Hall–Kier alpha value is 1.46. The van der Waals surface area contributed by atoms with Crippen molar-refractivity contribution in [2.24, 2.45) is 0 Å². The minimum Gasteiger partial charge on any atom is -0.343 e. The minimum atomic E-state index is -4.64. The van der Waals surface area contributed by atoms with Crippen LogP contribution in [-0.4, -0.2) is 14.7 Å². The first-order chi connectivity index (χ1) is 9.83. The SMILES string of the molecule is O=P(O)(O)O.[CH2-]CCCCCCC.[CH2-]CCCCCCC.[Nd]. The van der Waals surface area contributed by atoms with E-state index in [4.69, 9.17) is 19.2 Å². The normalized spacial score (nSPS) is 9.77. The molecule has 0 aliphatic carbocycles. The summed E-state index contributed by atoms with van der Waals surface area (Å²) in [6.07, 6.45) is 16.0. The summed E-state index contributed by atoms with van der Waals surface area (Å²) < 4.78 is 8.88. The summed E-state index contributed by atoms with van der Waals surface area (Å²) in [5, 5.41) is 0. The van der Waals surface area contributed by atoms with Crippen LogP contribution in [0.15, 0.2) is 0 Å². The van der Waals surface area contributed by atoms with Crippen LogP contribution in [0.4, 0.5) is 0 Å². The molecular weight excluding hydrogens is 431 g/mol. The molecule has 136 valence electrons. The van der Waals surface area contributed by atoms with Crippen LogP contribution < -0.4 is 0 Å². The Balaban J connectivity index is -0.000000111. The third kappa shape index (κ3) is 68.4. The first-order valence-electron chi connectivity index (χ1n) is 8.20. The molecule has 0 amide bonds. The van der Waals surface area contributed by atoms with Crippen molar-refractivity contribution in [3.63, 3.8) is 0 Å². The van der Waals surface area contributed by atoms with Crippen molar-refractivity contribution in [2.75, 3.05) is 0 Å². The van der Waals surface area contributed by atoms with E-state index in [1.54, 1.807) is 0 Å². The van der Waals surface area contributed by atoms with Gasteiger partial charge in [0.15, 0.2) is 0 Å². The minimum absolute atomic E-state index is 0. The average molecular weight is 469 g/mol. The number of phosphoric acid groups is 1. The summed E-state index contributed by atoms with van der Waals surface area (Å²) in [7, 11) is -4.64. The molecule has 6 heteroatoms. The predicted octanol–water partition coefficient (Wildman–Crippen LogP) is 5.43. The van der Waals surface area contributed by atoms with Crippen LogP contribution in [0.25, 0.3) is 0 Å². The summed E-state index contributed by atoms with van der Waals surface area (Å²) in [6, 6.07) is 0. The van der Waals surface area contributed by atoms with Crippen LogP contribution in [0.2, 0.25) is 0 Å². The number of hydrogen-bond donors (Lipinski definition) is 3. The van der Waals surface area contributed by atoms with Crippen LogP contribution in [-0.2, 0) is 4.57 Å². The zero-order chi connectivity index (χ0) is 17.0. The van der Waals surface area contributed by atoms with E-state index in [1.165, 1.54) is 64.2 Å². The van der Waals surface area contributed by atoms with Gasteiger partial charge in [0.25, 0.3) is 0 Å². The number of rotatable bonds is 10. The van der Waals surface area contributed by atoms with Gasteiger partial charge in [-0.15, -0.1) is 0 Å². The van der Waals surface area contributed by atoms with E-state index in [-0.39, 0.29) is 40.8 Å². The van der Waals surface area contributed by atoms with Crippen LogP contribution >= 0.6 is 7.82 Å². The van der Waals surface area contributed by atoms with Gasteiger partial charge in [-0.05, 0) is 0 Å². The van der Waals surface area contributed by atoms with Gasteiger partial charge in [-0.3, -0.25) is 0 Å². The number of unbranched alkanes of at least 4 members (excludes halogenated alkanes) is 10. The fourth-order valence-electron chi connectivity index (χ4n) is 1.56. The van der Waals surface area contributed by atoms with Crippen molar-refractivity contribution in [2.45, 2.75) is 90.9 Å². The van der Waals surface area contributed by atoms with Gasteiger partial charge in [0.05, 0.1) is 0 Å².